The number of carboxylic acids is 1. The highest BCUT2D eigenvalue weighted by molar-refractivity contribution is 6.32. The SMILES string of the molecule is Cc1c(COc2cc(OCc3cncc(C4C=N4)c3)c(CO)cc2Cl)cccc1-c1cccc(COc2cc(OCc3cncc(C#N)c3)c(CN[C@@H](C(=O)O)[C@H](C)O)cc2Cl)c1C. The molecule has 1 aliphatic rings. The van der Waals surface area contributed by atoms with Crippen molar-refractivity contribution in [2.75, 3.05) is 0 Å². The van der Waals surface area contributed by atoms with Gasteiger partial charge in [-0.25, -0.2) is 0 Å². The van der Waals surface area contributed by atoms with E-state index in [2.05, 4.69) is 38.5 Å². The summed E-state index contributed by atoms with van der Waals surface area (Å²) >= 11 is 13.4. The van der Waals surface area contributed by atoms with Gasteiger partial charge in [0, 0.05) is 77.5 Å². The summed E-state index contributed by atoms with van der Waals surface area (Å²) in [6, 6.07) is 23.2. The van der Waals surface area contributed by atoms with E-state index in [0.29, 0.717) is 50.3 Å². The number of aliphatic carboxylic acids is 1. The van der Waals surface area contributed by atoms with Crippen molar-refractivity contribution in [3.63, 3.8) is 0 Å². The number of halogens is 2. The first-order valence-corrected chi connectivity index (χ1v) is 21.1. The Balaban J connectivity index is 1.06. The number of nitrogens with zero attached hydrogens (tertiary/aromatic N) is 4. The van der Waals surface area contributed by atoms with Crippen LogP contribution in [0.2, 0.25) is 10.0 Å². The van der Waals surface area contributed by atoms with Crippen LogP contribution in [0.1, 0.15) is 68.6 Å². The highest BCUT2D eigenvalue weighted by Crippen LogP contribution is 2.37. The number of carboxylic acid groups (broad SMARTS) is 1. The fourth-order valence-corrected chi connectivity index (χ4v) is 7.56. The molecule has 328 valence electrons. The predicted molar refractivity (Wildman–Crippen MR) is 242 cm³/mol. The molecule has 4 aromatic carbocycles. The van der Waals surface area contributed by atoms with Crippen molar-refractivity contribution >= 4 is 35.4 Å². The van der Waals surface area contributed by atoms with Crippen LogP contribution in [-0.2, 0) is 44.4 Å². The minimum Gasteiger partial charge on any atom is -0.488 e. The Morgan fingerprint density at radius 2 is 1.28 bits per heavy atom. The maximum atomic E-state index is 11.8. The molecule has 0 fully saturated rings. The summed E-state index contributed by atoms with van der Waals surface area (Å²) in [6.07, 6.45) is 7.26. The van der Waals surface area contributed by atoms with Crippen LogP contribution in [0.3, 0.4) is 0 Å². The lowest BCUT2D eigenvalue weighted by molar-refractivity contribution is -0.142. The molecule has 0 amide bonds. The third-order valence-electron chi connectivity index (χ3n) is 10.8. The number of rotatable bonds is 20. The van der Waals surface area contributed by atoms with Crippen LogP contribution in [0.15, 0.2) is 103 Å². The van der Waals surface area contributed by atoms with E-state index in [4.69, 9.17) is 42.1 Å². The first-order chi connectivity index (χ1) is 30.9. The lowest BCUT2D eigenvalue weighted by Crippen LogP contribution is -2.44. The van der Waals surface area contributed by atoms with Crippen molar-refractivity contribution < 1.29 is 39.1 Å². The highest BCUT2D eigenvalue weighted by Gasteiger charge is 2.24. The smallest absolute Gasteiger partial charge is 0.323 e. The Morgan fingerprint density at radius 1 is 0.750 bits per heavy atom. The molecule has 0 saturated heterocycles. The number of nitrogens with one attached hydrogen (secondary N) is 1. The molecular weight excluding hydrogens is 857 g/mol. The van der Waals surface area contributed by atoms with Crippen molar-refractivity contribution in [3.8, 4) is 40.2 Å². The second kappa shape index (κ2) is 20.8. The minimum atomic E-state index is -1.23. The van der Waals surface area contributed by atoms with Crippen molar-refractivity contribution in [3.05, 3.63) is 163 Å². The molecule has 3 atom stereocenters. The summed E-state index contributed by atoms with van der Waals surface area (Å²) in [5.74, 6) is 0.361. The van der Waals surface area contributed by atoms with E-state index >= 15 is 0 Å². The maximum absolute atomic E-state index is 11.8. The number of aliphatic hydroxyl groups excluding tert-OH is 2. The summed E-state index contributed by atoms with van der Waals surface area (Å²) in [6.45, 7) is 5.89. The van der Waals surface area contributed by atoms with Crippen molar-refractivity contribution in [2.45, 2.75) is 78.5 Å². The van der Waals surface area contributed by atoms with Gasteiger partial charge in [0.2, 0.25) is 0 Å². The molecule has 2 aromatic heterocycles. The number of hydrogen-bond donors (Lipinski definition) is 4. The van der Waals surface area contributed by atoms with Gasteiger partial charge in [0.15, 0.2) is 0 Å². The summed E-state index contributed by atoms with van der Waals surface area (Å²) in [4.78, 5) is 24.4. The van der Waals surface area contributed by atoms with Gasteiger partial charge >= 0.3 is 5.97 Å². The Morgan fingerprint density at radius 3 is 1.81 bits per heavy atom. The first kappa shape index (κ1) is 45.5. The van der Waals surface area contributed by atoms with Gasteiger partial charge in [-0.2, -0.15) is 5.26 Å². The van der Waals surface area contributed by atoms with Gasteiger partial charge < -0.3 is 34.3 Å². The predicted octanol–water partition coefficient (Wildman–Crippen LogP) is 8.80. The zero-order chi connectivity index (χ0) is 45.3. The number of nitriles is 1. The number of hydrogen-bond acceptors (Lipinski definition) is 12. The largest absolute Gasteiger partial charge is 0.488 e. The number of benzene rings is 4. The molecule has 0 spiro atoms. The van der Waals surface area contributed by atoms with Gasteiger partial charge in [-0.1, -0.05) is 59.6 Å². The average Bonchev–Trinajstić information content (AvgIpc) is 4.14. The van der Waals surface area contributed by atoms with Gasteiger partial charge in [-0.3, -0.25) is 25.1 Å². The molecule has 4 N–H and O–H groups in total. The van der Waals surface area contributed by atoms with Crippen molar-refractivity contribution in [1.82, 2.24) is 15.3 Å². The van der Waals surface area contributed by atoms with Crippen LogP contribution in [0, 0.1) is 25.2 Å². The number of aliphatic hydroxyl groups is 2. The molecule has 0 bridgehead atoms. The van der Waals surface area contributed by atoms with E-state index in [0.717, 1.165) is 44.5 Å². The normalized spacial score (nSPS) is 13.8. The lowest BCUT2D eigenvalue weighted by Gasteiger charge is -2.20. The Hall–Kier alpha value is -6.53. The highest BCUT2D eigenvalue weighted by atomic mass is 35.5. The summed E-state index contributed by atoms with van der Waals surface area (Å²) in [5, 5.41) is 42.5. The van der Waals surface area contributed by atoms with Crippen LogP contribution in [0.4, 0.5) is 0 Å². The van der Waals surface area contributed by atoms with Crippen LogP contribution < -0.4 is 24.3 Å². The molecular formula is C49H45Cl2N5O8. The van der Waals surface area contributed by atoms with E-state index in [1.54, 1.807) is 48.9 Å². The number of ether oxygens (including phenoxy) is 4. The van der Waals surface area contributed by atoms with E-state index in [9.17, 15) is 25.4 Å². The molecule has 15 heteroatoms. The molecule has 0 saturated carbocycles. The average molecular weight is 903 g/mol. The molecule has 0 aliphatic carbocycles. The molecule has 7 rings (SSSR count). The summed E-state index contributed by atoms with van der Waals surface area (Å²) in [7, 11) is 0. The molecule has 1 aliphatic heterocycles. The fraction of sp³-hybridized carbons (Fsp3) is 0.245. The lowest BCUT2D eigenvalue weighted by atomic mass is 9.92. The van der Waals surface area contributed by atoms with Gasteiger partial charge in [0.1, 0.15) is 67.6 Å². The van der Waals surface area contributed by atoms with Gasteiger partial charge in [-0.15, -0.1) is 0 Å². The molecule has 6 aromatic rings. The van der Waals surface area contributed by atoms with Crippen LogP contribution in [0.25, 0.3) is 11.1 Å². The van der Waals surface area contributed by atoms with Gasteiger partial charge in [-0.05, 0) is 78.4 Å². The number of carbonyl (C=O) groups is 1. The molecule has 64 heavy (non-hydrogen) atoms. The van der Waals surface area contributed by atoms with E-state index < -0.39 is 18.1 Å². The first-order valence-electron chi connectivity index (χ1n) is 20.3. The van der Waals surface area contributed by atoms with Gasteiger partial charge in [0.05, 0.1) is 28.3 Å². The number of pyridine rings is 2. The number of aliphatic imine (C=N–C) groups is 1. The third-order valence-corrected chi connectivity index (χ3v) is 11.4. The van der Waals surface area contributed by atoms with Crippen molar-refractivity contribution in [2.24, 2.45) is 4.99 Å². The quantitative estimate of drug-likeness (QED) is 0.0571. The summed E-state index contributed by atoms with van der Waals surface area (Å²) < 4.78 is 24.9. The van der Waals surface area contributed by atoms with Crippen LogP contribution in [-0.4, -0.2) is 49.6 Å². The third kappa shape index (κ3) is 11.2. The zero-order valence-electron chi connectivity index (χ0n) is 35.2. The zero-order valence-corrected chi connectivity index (χ0v) is 36.7. The molecule has 3 heterocycles. The molecule has 1 unspecified atom stereocenters. The monoisotopic (exact) mass is 901 g/mol. The minimum absolute atomic E-state index is 0.0152. The van der Waals surface area contributed by atoms with E-state index in [1.807, 2.05) is 50.4 Å². The number of aromatic nitrogens is 2. The Kier molecular flexibility index (Phi) is 14.8. The second-order valence-electron chi connectivity index (χ2n) is 15.3. The Bertz CT molecular complexity index is 2730. The second-order valence-corrected chi connectivity index (χ2v) is 16.1. The van der Waals surface area contributed by atoms with Gasteiger partial charge in [0.25, 0.3) is 0 Å². The summed E-state index contributed by atoms with van der Waals surface area (Å²) in [5.41, 5.74) is 9.84. The maximum Gasteiger partial charge on any atom is 0.323 e. The standard InChI is InChI=1S/C49H45Cl2N5O8/c1-28-34(26-63-46-14-44(61-24-32-10-31(16-52)17-53-18-32)37(12-41(46)50)21-56-48(30(3)58)49(59)60)6-4-8-39(28)40-9-5-7-35(29(40)2)27-64-47-15-45(38(23-57)13-42(47)51)62-25-33-11-36(20-54-19-33)43-22-55-43/h4-15,17-20,22,30,43,48,56-58H,21,23-27H2,1-3H3,(H,59,60)/t30-,43?,48+/m0/s1. The van der Waals surface area contributed by atoms with Crippen LogP contribution >= 0.6 is 23.2 Å². The van der Waals surface area contributed by atoms with Crippen LogP contribution in [0.5, 0.6) is 23.0 Å². The molecule has 0 radical (unpaired) electrons. The molecule has 13 nitrogen and oxygen atoms in total. The van der Waals surface area contributed by atoms with E-state index in [-0.39, 0.29) is 50.6 Å². The fourth-order valence-electron chi connectivity index (χ4n) is 7.08. The Labute approximate surface area is 380 Å². The van der Waals surface area contributed by atoms with E-state index in [1.165, 1.54) is 13.1 Å². The van der Waals surface area contributed by atoms with Crippen molar-refractivity contribution in [1.29, 1.82) is 5.26 Å². The topological polar surface area (TPSA) is 189 Å².